The maximum atomic E-state index is 5.81. The maximum Gasteiger partial charge on any atom is 0.127 e. The molecule has 1 aromatic heterocycles. The molecule has 66 valence electrons. The first-order valence-corrected chi connectivity index (χ1v) is 4.26. The van der Waals surface area contributed by atoms with E-state index >= 15 is 0 Å². The number of nitrogens with two attached hydrogens (primary N) is 1. The van der Waals surface area contributed by atoms with Gasteiger partial charge in [0.05, 0.1) is 0 Å². The number of anilines is 1. The summed E-state index contributed by atoms with van der Waals surface area (Å²) >= 11 is 0. The number of aryl methyl sites for hydroxylation is 2. The van der Waals surface area contributed by atoms with Gasteiger partial charge in [-0.05, 0) is 37.0 Å². The number of nitrogens with zero attached hydrogens (tertiary/aromatic N) is 1. The van der Waals surface area contributed by atoms with Crippen molar-refractivity contribution in [1.82, 2.24) is 4.98 Å². The summed E-state index contributed by atoms with van der Waals surface area (Å²) in [6.45, 7) is 8.32. The fraction of sp³-hybridized carbons (Fsp3) is 0.500. The van der Waals surface area contributed by atoms with Crippen LogP contribution in [0.3, 0.4) is 0 Å². The molecule has 0 bridgehead atoms. The monoisotopic (exact) mass is 164 g/mol. The summed E-state index contributed by atoms with van der Waals surface area (Å²) in [4.78, 5) is 4.23. The molecule has 2 nitrogen and oxygen atoms in total. The van der Waals surface area contributed by atoms with Crippen molar-refractivity contribution in [2.75, 3.05) is 5.73 Å². The molecule has 0 spiro atoms. The van der Waals surface area contributed by atoms with Crippen LogP contribution in [0.15, 0.2) is 6.07 Å². The minimum Gasteiger partial charge on any atom is -0.383 e. The predicted octanol–water partition coefficient (Wildman–Crippen LogP) is 2.40. The van der Waals surface area contributed by atoms with Gasteiger partial charge in [0.2, 0.25) is 0 Å². The lowest BCUT2D eigenvalue weighted by molar-refractivity contribution is 0.849. The zero-order valence-electron chi connectivity index (χ0n) is 8.18. The average Bonchev–Trinajstić information content (AvgIpc) is 1.82. The Labute approximate surface area is 73.8 Å². The third kappa shape index (κ3) is 1.58. The number of hydrogen-bond donors (Lipinski definition) is 1. The van der Waals surface area contributed by atoms with Crippen molar-refractivity contribution in [3.8, 4) is 0 Å². The fourth-order valence-electron chi connectivity index (χ4n) is 1.63. The Bertz CT molecular complexity index is 267. The number of aromatic nitrogens is 1. The van der Waals surface area contributed by atoms with E-state index in [1.54, 1.807) is 0 Å². The molecule has 1 aromatic rings. The molecular weight excluding hydrogens is 148 g/mol. The summed E-state index contributed by atoms with van der Waals surface area (Å²) in [6, 6.07) is 2.08. The summed E-state index contributed by atoms with van der Waals surface area (Å²) in [6.07, 6.45) is 0. The van der Waals surface area contributed by atoms with Crippen LogP contribution in [-0.2, 0) is 0 Å². The smallest absolute Gasteiger partial charge is 0.127 e. The molecule has 1 heterocycles. The Kier molecular flexibility index (Phi) is 2.36. The Morgan fingerprint density at radius 1 is 1.33 bits per heavy atom. The van der Waals surface area contributed by atoms with Crippen molar-refractivity contribution >= 4 is 5.82 Å². The molecule has 12 heavy (non-hydrogen) atoms. The molecule has 0 aliphatic carbocycles. The van der Waals surface area contributed by atoms with Gasteiger partial charge in [0, 0.05) is 5.69 Å². The quantitative estimate of drug-likeness (QED) is 0.692. The predicted molar refractivity (Wildman–Crippen MR) is 52.2 cm³/mol. The SMILES string of the molecule is Cc1cc(C)c(C(C)C)c(N)n1. The molecule has 0 aromatic carbocycles. The van der Waals surface area contributed by atoms with Gasteiger partial charge in [-0.1, -0.05) is 13.8 Å². The zero-order chi connectivity index (χ0) is 9.30. The third-order valence-corrected chi connectivity index (χ3v) is 2.00. The zero-order valence-corrected chi connectivity index (χ0v) is 8.18. The average molecular weight is 164 g/mol. The van der Waals surface area contributed by atoms with Crippen molar-refractivity contribution in [2.45, 2.75) is 33.6 Å². The van der Waals surface area contributed by atoms with Crippen LogP contribution in [-0.4, -0.2) is 4.98 Å². The topological polar surface area (TPSA) is 38.9 Å². The lowest BCUT2D eigenvalue weighted by atomic mass is 9.98. The van der Waals surface area contributed by atoms with Crippen LogP contribution in [0.1, 0.15) is 36.6 Å². The largest absolute Gasteiger partial charge is 0.383 e. The standard InChI is InChI=1S/C10H16N2/c1-6(2)9-7(3)5-8(4)12-10(9)11/h5-6H,1-4H3,(H2,11,12). The van der Waals surface area contributed by atoms with Crippen molar-refractivity contribution in [3.63, 3.8) is 0 Å². The highest BCUT2D eigenvalue weighted by Gasteiger charge is 2.08. The minimum atomic E-state index is 0.457. The molecule has 0 radical (unpaired) electrons. The molecule has 0 saturated carbocycles. The lowest BCUT2D eigenvalue weighted by Crippen LogP contribution is -2.03. The molecule has 0 unspecified atom stereocenters. The van der Waals surface area contributed by atoms with Gasteiger partial charge < -0.3 is 5.73 Å². The second-order valence-corrected chi connectivity index (χ2v) is 3.53. The Balaban J connectivity index is 3.28. The van der Waals surface area contributed by atoms with Gasteiger partial charge in [-0.25, -0.2) is 4.98 Å². The van der Waals surface area contributed by atoms with Crippen molar-refractivity contribution < 1.29 is 0 Å². The lowest BCUT2D eigenvalue weighted by Gasteiger charge is -2.12. The summed E-state index contributed by atoms with van der Waals surface area (Å²) in [7, 11) is 0. The van der Waals surface area contributed by atoms with Gasteiger partial charge in [0.1, 0.15) is 5.82 Å². The number of nitrogen functional groups attached to an aromatic ring is 1. The Morgan fingerprint density at radius 2 is 1.92 bits per heavy atom. The van der Waals surface area contributed by atoms with E-state index < -0.39 is 0 Å². The first-order valence-electron chi connectivity index (χ1n) is 4.26. The highest BCUT2D eigenvalue weighted by atomic mass is 14.8. The van der Waals surface area contributed by atoms with E-state index in [4.69, 9.17) is 5.73 Å². The van der Waals surface area contributed by atoms with Crippen LogP contribution in [0.25, 0.3) is 0 Å². The van der Waals surface area contributed by atoms with Crippen LogP contribution in [0.5, 0.6) is 0 Å². The molecule has 0 fully saturated rings. The van der Waals surface area contributed by atoms with Gasteiger partial charge in [0.15, 0.2) is 0 Å². The molecule has 0 aliphatic rings. The van der Waals surface area contributed by atoms with E-state index in [0.717, 1.165) is 5.69 Å². The van der Waals surface area contributed by atoms with Gasteiger partial charge in [-0.3, -0.25) is 0 Å². The second-order valence-electron chi connectivity index (χ2n) is 3.53. The van der Waals surface area contributed by atoms with Crippen LogP contribution < -0.4 is 5.73 Å². The number of pyridine rings is 1. The molecule has 0 amide bonds. The van der Waals surface area contributed by atoms with E-state index in [0.29, 0.717) is 11.7 Å². The van der Waals surface area contributed by atoms with Gasteiger partial charge in [-0.15, -0.1) is 0 Å². The van der Waals surface area contributed by atoms with Gasteiger partial charge in [-0.2, -0.15) is 0 Å². The van der Waals surface area contributed by atoms with Crippen LogP contribution in [0, 0.1) is 13.8 Å². The summed E-state index contributed by atoms with van der Waals surface area (Å²) < 4.78 is 0. The highest BCUT2D eigenvalue weighted by molar-refractivity contribution is 5.47. The third-order valence-electron chi connectivity index (χ3n) is 2.00. The van der Waals surface area contributed by atoms with E-state index in [2.05, 4.69) is 31.8 Å². The van der Waals surface area contributed by atoms with E-state index in [9.17, 15) is 0 Å². The Hall–Kier alpha value is -1.05. The molecule has 2 N–H and O–H groups in total. The maximum absolute atomic E-state index is 5.81. The van der Waals surface area contributed by atoms with E-state index in [1.807, 2.05) is 6.92 Å². The van der Waals surface area contributed by atoms with E-state index in [1.165, 1.54) is 11.1 Å². The van der Waals surface area contributed by atoms with Crippen molar-refractivity contribution in [3.05, 3.63) is 22.9 Å². The van der Waals surface area contributed by atoms with Gasteiger partial charge in [0.25, 0.3) is 0 Å². The van der Waals surface area contributed by atoms with Crippen molar-refractivity contribution in [2.24, 2.45) is 0 Å². The van der Waals surface area contributed by atoms with Crippen LogP contribution in [0.2, 0.25) is 0 Å². The van der Waals surface area contributed by atoms with Crippen LogP contribution >= 0.6 is 0 Å². The minimum absolute atomic E-state index is 0.457. The van der Waals surface area contributed by atoms with Crippen LogP contribution in [0.4, 0.5) is 5.82 Å². The Morgan fingerprint density at radius 3 is 2.33 bits per heavy atom. The summed E-state index contributed by atoms with van der Waals surface area (Å²) in [5, 5.41) is 0. The molecule has 0 saturated heterocycles. The summed E-state index contributed by atoms with van der Waals surface area (Å²) in [5.74, 6) is 1.14. The number of rotatable bonds is 1. The molecule has 1 rings (SSSR count). The second kappa shape index (κ2) is 3.13. The molecule has 0 atom stereocenters. The highest BCUT2D eigenvalue weighted by Crippen LogP contribution is 2.24. The first-order chi connectivity index (χ1) is 5.52. The molecule has 2 heteroatoms. The van der Waals surface area contributed by atoms with Crippen molar-refractivity contribution in [1.29, 1.82) is 0 Å². The summed E-state index contributed by atoms with van der Waals surface area (Å²) in [5.41, 5.74) is 9.23. The van der Waals surface area contributed by atoms with Gasteiger partial charge >= 0.3 is 0 Å². The molecule has 0 aliphatic heterocycles. The number of hydrogen-bond acceptors (Lipinski definition) is 2. The first kappa shape index (κ1) is 9.04. The van der Waals surface area contributed by atoms with E-state index in [-0.39, 0.29) is 0 Å². The normalized spacial score (nSPS) is 10.8. The molecular formula is C10H16N2. The fourth-order valence-corrected chi connectivity index (χ4v) is 1.63.